The van der Waals surface area contributed by atoms with Crippen molar-refractivity contribution in [1.82, 2.24) is 4.90 Å². The summed E-state index contributed by atoms with van der Waals surface area (Å²) in [7, 11) is 3.35. The number of ketones is 1. The molecule has 142 valence electrons. The van der Waals surface area contributed by atoms with Crippen LogP contribution < -0.4 is 0 Å². The number of thioether (sulfide) groups is 1. The number of Topliss-reactive ketones (excluding diaryl/α,β-unsaturated/α-hetero) is 1. The van der Waals surface area contributed by atoms with Crippen LogP contribution in [0.1, 0.15) is 27.6 Å². The molecular weight excluding hydrogens is 386 g/mol. The van der Waals surface area contributed by atoms with Gasteiger partial charge < -0.3 is 9.64 Å². The van der Waals surface area contributed by atoms with Crippen molar-refractivity contribution in [3.63, 3.8) is 0 Å². The van der Waals surface area contributed by atoms with Crippen molar-refractivity contribution in [2.24, 2.45) is 0 Å². The lowest BCUT2D eigenvalue weighted by atomic mass is 10.1. The summed E-state index contributed by atoms with van der Waals surface area (Å²) in [6, 6.07) is 13.2. The molecule has 7 heteroatoms. The van der Waals surface area contributed by atoms with Gasteiger partial charge in [-0.3, -0.25) is 9.59 Å². The first-order chi connectivity index (χ1) is 12.8. The SMILES string of the molecule is C[C@H](OC(=O)c1ccccc1SCC(=O)N(C)C)C(=O)c1ccc(Cl)cc1. The highest BCUT2D eigenvalue weighted by Crippen LogP contribution is 2.24. The van der Waals surface area contributed by atoms with Crippen LogP contribution in [0.25, 0.3) is 0 Å². The molecule has 0 radical (unpaired) electrons. The predicted octanol–water partition coefficient (Wildman–Crippen LogP) is 3.95. The first kappa shape index (κ1) is 21.0. The molecule has 0 aliphatic rings. The molecule has 0 aliphatic heterocycles. The summed E-state index contributed by atoms with van der Waals surface area (Å²) in [6.45, 7) is 1.53. The van der Waals surface area contributed by atoms with Crippen LogP contribution in [0.5, 0.6) is 0 Å². The number of esters is 1. The monoisotopic (exact) mass is 405 g/mol. The number of hydrogen-bond acceptors (Lipinski definition) is 5. The predicted molar refractivity (Wildman–Crippen MR) is 107 cm³/mol. The van der Waals surface area contributed by atoms with Crippen molar-refractivity contribution < 1.29 is 19.1 Å². The van der Waals surface area contributed by atoms with Gasteiger partial charge in [-0.1, -0.05) is 23.7 Å². The summed E-state index contributed by atoms with van der Waals surface area (Å²) in [4.78, 5) is 38.9. The maximum Gasteiger partial charge on any atom is 0.339 e. The second kappa shape index (κ2) is 9.58. The Balaban J connectivity index is 2.07. The molecule has 0 unspecified atom stereocenters. The maximum absolute atomic E-state index is 12.5. The highest BCUT2D eigenvalue weighted by Gasteiger charge is 2.22. The van der Waals surface area contributed by atoms with Gasteiger partial charge in [-0.25, -0.2) is 4.79 Å². The van der Waals surface area contributed by atoms with E-state index in [0.717, 1.165) is 0 Å². The van der Waals surface area contributed by atoms with Gasteiger partial charge in [-0.2, -0.15) is 0 Å². The molecule has 0 spiro atoms. The molecule has 0 N–H and O–H groups in total. The topological polar surface area (TPSA) is 63.7 Å². The molecule has 2 aromatic carbocycles. The quantitative estimate of drug-likeness (QED) is 0.396. The summed E-state index contributed by atoms with van der Waals surface area (Å²) < 4.78 is 5.35. The van der Waals surface area contributed by atoms with E-state index in [1.54, 1.807) is 62.6 Å². The van der Waals surface area contributed by atoms with E-state index in [0.29, 0.717) is 21.0 Å². The van der Waals surface area contributed by atoms with E-state index < -0.39 is 12.1 Å². The van der Waals surface area contributed by atoms with Crippen LogP contribution in [0.15, 0.2) is 53.4 Å². The second-order valence-corrected chi connectivity index (χ2v) is 7.45. The molecular formula is C20H20ClNO4S. The molecule has 1 amide bonds. The molecule has 0 fully saturated rings. The Labute approximate surface area is 167 Å². The molecule has 2 aromatic rings. The molecule has 0 aromatic heterocycles. The Morgan fingerprint density at radius 1 is 1.07 bits per heavy atom. The summed E-state index contributed by atoms with van der Waals surface area (Å²) in [5.74, 6) is -0.774. The molecule has 27 heavy (non-hydrogen) atoms. The summed E-state index contributed by atoms with van der Waals surface area (Å²) in [5.41, 5.74) is 0.740. The van der Waals surface area contributed by atoms with Gasteiger partial charge in [0.25, 0.3) is 0 Å². The normalized spacial score (nSPS) is 11.6. The van der Waals surface area contributed by atoms with E-state index in [-0.39, 0.29) is 17.4 Å². The number of carbonyl (C=O) groups excluding carboxylic acids is 3. The fourth-order valence-corrected chi connectivity index (χ4v) is 3.30. The third-order valence-electron chi connectivity index (χ3n) is 3.74. The minimum atomic E-state index is -0.944. The highest BCUT2D eigenvalue weighted by molar-refractivity contribution is 8.00. The number of nitrogens with zero attached hydrogens (tertiary/aromatic N) is 1. The Bertz CT molecular complexity index is 836. The largest absolute Gasteiger partial charge is 0.451 e. The van der Waals surface area contributed by atoms with Gasteiger partial charge in [0, 0.05) is 29.6 Å². The van der Waals surface area contributed by atoms with Gasteiger partial charge in [-0.15, -0.1) is 11.8 Å². The second-order valence-electron chi connectivity index (χ2n) is 5.99. The molecule has 5 nitrogen and oxygen atoms in total. The van der Waals surface area contributed by atoms with E-state index in [4.69, 9.17) is 16.3 Å². The van der Waals surface area contributed by atoms with Crippen LogP contribution in [0.3, 0.4) is 0 Å². The van der Waals surface area contributed by atoms with Crippen LogP contribution in [0, 0.1) is 0 Å². The van der Waals surface area contributed by atoms with Gasteiger partial charge in [0.15, 0.2) is 6.10 Å². The smallest absolute Gasteiger partial charge is 0.339 e. The lowest BCUT2D eigenvalue weighted by Gasteiger charge is -2.15. The van der Waals surface area contributed by atoms with Crippen LogP contribution >= 0.6 is 23.4 Å². The van der Waals surface area contributed by atoms with Crippen LogP contribution in [0.4, 0.5) is 0 Å². The Morgan fingerprint density at radius 3 is 2.33 bits per heavy atom. The number of amides is 1. The Kier molecular flexibility index (Phi) is 7.45. The Hall–Kier alpha value is -2.31. The fraction of sp³-hybridized carbons (Fsp3) is 0.250. The summed E-state index contributed by atoms with van der Waals surface area (Å²) in [6.07, 6.45) is -0.944. The van der Waals surface area contributed by atoms with E-state index in [1.807, 2.05) is 0 Å². The standard InChI is InChI=1S/C20H20ClNO4S/c1-13(19(24)14-8-10-15(21)11-9-14)26-20(25)16-6-4-5-7-17(16)27-12-18(23)22(2)3/h4-11,13H,12H2,1-3H3/t13-/m0/s1. The molecule has 0 aliphatic carbocycles. The van der Waals surface area contributed by atoms with Crippen molar-refractivity contribution in [3.05, 3.63) is 64.7 Å². The Morgan fingerprint density at radius 2 is 1.70 bits per heavy atom. The number of hydrogen-bond donors (Lipinski definition) is 0. The molecule has 1 atom stereocenters. The average molecular weight is 406 g/mol. The first-order valence-corrected chi connectivity index (χ1v) is 9.58. The molecule has 2 rings (SSSR count). The van der Waals surface area contributed by atoms with Gasteiger partial charge in [0.05, 0.1) is 11.3 Å². The van der Waals surface area contributed by atoms with E-state index in [2.05, 4.69) is 0 Å². The highest BCUT2D eigenvalue weighted by atomic mass is 35.5. The van der Waals surface area contributed by atoms with E-state index in [9.17, 15) is 14.4 Å². The average Bonchev–Trinajstić information content (AvgIpc) is 2.66. The lowest BCUT2D eigenvalue weighted by Crippen LogP contribution is -2.25. The molecule has 0 heterocycles. The zero-order chi connectivity index (χ0) is 20.0. The number of halogens is 1. The molecule has 0 saturated carbocycles. The van der Waals surface area contributed by atoms with Crippen molar-refractivity contribution >= 4 is 41.0 Å². The van der Waals surface area contributed by atoms with Crippen molar-refractivity contribution in [1.29, 1.82) is 0 Å². The van der Waals surface area contributed by atoms with Gasteiger partial charge in [0.2, 0.25) is 11.7 Å². The van der Waals surface area contributed by atoms with Crippen LogP contribution in [-0.2, 0) is 9.53 Å². The molecule has 0 bridgehead atoms. The molecule has 0 saturated heterocycles. The summed E-state index contributed by atoms with van der Waals surface area (Å²) >= 11 is 7.08. The zero-order valence-corrected chi connectivity index (χ0v) is 16.8. The van der Waals surface area contributed by atoms with Gasteiger partial charge >= 0.3 is 5.97 Å². The third-order valence-corrected chi connectivity index (χ3v) is 5.05. The number of carbonyl (C=O) groups is 3. The van der Waals surface area contributed by atoms with Crippen molar-refractivity contribution in [2.45, 2.75) is 17.9 Å². The minimum Gasteiger partial charge on any atom is -0.451 e. The third kappa shape index (κ3) is 5.84. The van der Waals surface area contributed by atoms with Crippen molar-refractivity contribution in [2.75, 3.05) is 19.8 Å². The van der Waals surface area contributed by atoms with E-state index >= 15 is 0 Å². The number of rotatable bonds is 7. The van der Waals surface area contributed by atoms with Crippen LogP contribution in [0.2, 0.25) is 5.02 Å². The number of benzene rings is 2. The first-order valence-electron chi connectivity index (χ1n) is 8.22. The van der Waals surface area contributed by atoms with E-state index in [1.165, 1.54) is 23.6 Å². The van der Waals surface area contributed by atoms with Gasteiger partial charge in [-0.05, 0) is 43.3 Å². The summed E-state index contributed by atoms with van der Waals surface area (Å²) in [5, 5.41) is 0.523. The lowest BCUT2D eigenvalue weighted by molar-refractivity contribution is -0.125. The van der Waals surface area contributed by atoms with Crippen molar-refractivity contribution in [3.8, 4) is 0 Å². The van der Waals surface area contributed by atoms with Crippen LogP contribution in [-0.4, -0.2) is 48.5 Å². The fourth-order valence-electron chi connectivity index (χ4n) is 2.16. The zero-order valence-electron chi connectivity index (χ0n) is 15.3. The maximum atomic E-state index is 12.5. The van der Waals surface area contributed by atoms with Gasteiger partial charge in [0.1, 0.15) is 0 Å². The number of ether oxygens (including phenoxy) is 1. The minimum absolute atomic E-state index is 0.0607.